The first kappa shape index (κ1) is 19.5. The van der Waals surface area contributed by atoms with Gasteiger partial charge in [0.15, 0.2) is 0 Å². The highest BCUT2D eigenvalue weighted by Gasteiger charge is 2.20. The van der Waals surface area contributed by atoms with E-state index < -0.39 is 0 Å². The summed E-state index contributed by atoms with van der Waals surface area (Å²) in [4.78, 5) is 0. The van der Waals surface area contributed by atoms with Crippen LogP contribution >= 0.6 is 0 Å². The summed E-state index contributed by atoms with van der Waals surface area (Å²) in [6.45, 7) is 2.12. The Morgan fingerprint density at radius 3 is 2.34 bits per heavy atom. The number of hydrogen-bond acceptors (Lipinski definition) is 0. The van der Waals surface area contributed by atoms with Gasteiger partial charge in [0.1, 0.15) is 17.5 Å². The highest BCUT2D eigenvalue weighted by Crippen LogP contribution is 2.34. The first-order valence-corrected chi connectivity index (χ1v) is 10.1. The van der Waals surface area contributed by atoms with Crippen molar-refractivity contribution in [2.75, 3.05) is 0 Å². The van der Waals surface area contributed by atoms with Gasteiger partial charge >= 0.3 is 0 Å². The standard InChI is InChI=1S/C26H23F3/c1-2-3-4-17-5-12-22(25(28)15-17)19-8-14-24-20(16-19)9-13-23(26(24)29)18-6-10-21(27)11-7-18/h5-13,15H,2-4,14,16H2,1H3. The lowest BCUT2D eigenvalue weighted by Gasteiger charge is -2.20. The first-order chi connectivity index (χ1) is 14.1. The minimum absolute atomic E-state index is 0.211. The van der Waals surface area contributed by atoms with Crippen molar-refractivity contribution in [2.24, 2.45) is 0 Å². The molecule has 0 saturated heterocycles. The number of fused-ring (bicyclic) bond motifs is 1. The fourth-order valence-electron chi connectivity index (χ4n) is 3.96. The Bertz CT molecular complexity index is 1060. The van der Waals surface area contributed by atoms with E-state index in [1.165, 1.54) is 12.1 Å². The topological polar surface area (TPSA) is 0 Å². The van der Waals surface area contributed by atoms with Gasteiger partial charge in [-0.25, -0.2) is 13.2 Å². The minimum Gasteiger partial charge on any atom is -0.207 e. The lowest BCUT2D eigenvalue weighted by atomic mass is 9.85. The number of unbranched alkanes of at least 4 members (excludes halogenated alkanes) is 1. The molecular weight excluding hydrogens is 369 g/mol. The third-order valence-corrected chi connectivity index (χ3v) is 5.63. The minimum atomic E-state index is -0.345. The van der Waals surface area contributed by atoms with Crippen molar-refractivity contribution >= 4 is 5.57 Å². The molecule has 0 fully saturated rings. The number of rotatable bonds is 5. The monoisotopic (exact) mass is 392 g/mol. The number of halogens is 3. The Morgan fingerprint density at radius 1 is 0.862 bits per heavy atom. The van der Waals surface area contributed by atoms with Crippen molar-refractivity contribution in [1.82, 2.24) is 0 Å². The van der Waals surface area contributed by atoms with Crippen molar-refractivity contribution in [3.8, 4) is 11.1 Å². The second-order valence-corrected chi connectivity index (χ2v) is 7.60. The predicted molar refractivity (Wildman–Crippen MR) is 112 cm³/mol. The maximum absolute atomic E-state index is 15.1. The van der Waals surface area contributed by atoms with Crippen LogP contribution < -0.4 is 0 Å². The molecule has 148 valence electrons. The molecule has 0 spiro atoms. The van der Waals surface area contributed by atoms with E-state index in [-0.39, 0.29) is 17.5 Å². The molecule has 1 aliphatic rings. The summed E-state index contributed by atoms with van der Waals surface area (Å²) < 4.78 is 43.0. The molecule has 0 nitrogen and oxygen atoms in total. The third kappa shape index (κ3) is 4.00. The highest BCUT2D eigenvalue weighted by atomic mass is 19.1. The number of aryl methyl sites for hydroxylation is 1. The van der Waals surface area contributed by atoms with Crippen LogP contribution in [0.2, 0.25) is 0 Å². The molecular formula is C26H23F3. The van der Waals surface area contributed by atoms with Crippen LogP contribution in [0.4, 0.5) is 13.2 Å². The molecule has 0 N–H and O–H groups in total. The zero-order valence-electron chi connectivity index (χ0n) is 16.4. The average Bonchev–Trinajstić information content (AvgIpc) is 2.73. The maximum atomic E-state index is 15.1. The number of benzene rings is 3. The third-order valence-electron chi connectivity index (χ3n) is 5.63. The van der Waals surface area contributed by atoms with E-state index in [0.717, 1.165) is 36.0 Å². The summed E-state index contributed by atoms with van der Waals surface area (Å²) in [6.07, 6.45) is 5.85. The van der Waals surface area contributed by atoms with Crippen LogP contribution in [0.5, 0.6) is 0 Å². The molecule has 0 bridgehead atoms. The molecule has 0 saturated carbocycles. The van der Waals surface area contributed by atoms with Gasteiger partial charge in [0.05, 0.1) is 0 Å². The Kier molecular flexibility index (Phi) is 5.57. The SMILES string of the molecule is CCCCc1ccc(C2=CCc3c(ccc(-c4ccc(F)cc4)c3F)C2)c(F)c1. The Morgan fingerprint density at radius 2 is 1.62 bits per heavy atom. The smallest absolute Gasteiger partial charge is 0.134 e. The van der Waals surface area contributed by atoms with Gasteiger partial charge in [-0.15, -0.1) is 0 Å². The molecule has 3 aromatic rings. The van der Waals surface area contributed by atoms with Crippen LogP contribution in [0.1, 0.15) is 42.0 Å². The Labute approximate surface area is 169 Å². The molecule has 0 amide bonds. The predicted octanol–water partition coefficient (Wildman–Crippen LogP) is 7.30. The van der Waals surface area contributed by atoms with Crippen molar-refractivity contribution in [3.63, 3.8) is 0 Å². The van der Waals surface area contributed by atoms with E-state index in [4.69, 9.17) is 0 Å². The molecule has 0 heterocycles. The quantitative estimate of drug-likeness (QED) is 0.427. The van der Waals surface area contributed by atoms with Crippen LogP contribution in [-0.2, 0) is 19.3 Å². The van der Waals surface area contributed by atoms with E-state index in [9.17, 15) is 8.78 Å². The molecule has 0 aliphatic heterocycles. The van der Waals surface area contributed by atoms with Gasteiger partial charge in [0.25, 0.3) is 0 Å². The van der Waals surface area contributed by atoms with E-state index >= 15 is 4.39 Å². The molecule has 0 aromatic heterocycles. The van der Waals surface area contributed by atoms with Gasteiger partial charge in [0, 0.05) is 11.1 Å². The first-order valence-electron chi connectivity index (χ1n) is 10.1. The molecule has 3 heteroatoms. The van der Waals surface area contributed by atoms with E-state index in [2.05, 4.69) is 6.92 Å². The van der Waals surface area contributed by atoms with Crippen molar-refractivity contribution < 1.29 is 13.2 Å². The van der Waals surface area contributed by atoms with E-state index in [1.54, 1.807) is 24.3 Å². The summed E-state index contributed by atoms with van der Waals surface area (Å²) in [5.74, 6) is -0.834. The Hall–Kier alpha value is -2.81. The van der Waals surface area contributed by atoms with Crippen LogP contribution in [0.15, 0.2) is 60.7 Å². The lowest BCUT2D eigenvalue weighted by molar-refractivity contribution is 0.612. The molecule has 0 unspecified atom stereocenters. The summed E-state index contributed by atoms with van der Waals surface area (Å²) in [5.41, 5.74) is 5.13. The molecule has 0 radical (unpaired) electrons. The highest BCUT2D eigenvalue weighted by molar-refractivity contribution is 5.73. The molecule has 1 aliphatic carbocycles. The molecule has 3 aromatic carbocycles. The number of allylic oxidation sites excluding steroid dienone is 2. The van der Waals surface area contributed by atoms with Gasteiger partial charge in [-0.3, -0.25) is 0 Å². The zero-order chi connectivity index (χ0) is 20.4. The zero-order valence-corrected chi connectivity index (χ0v) is 16.4. The van der Waals surface area contributed by atoms with Crippen LogP contribution in [0.3, 0.4) is 0 Å². The number of hydrogen-bond donors (Lipinski definition) is 0. The molecule has 0 atom stereocenters. The summed E-state index contributed by atoms with van der Waals surface area (Å²) in [5, 5.41) is 0. The van der Waals surface area contributed by atoms with Gasteiger partial charge in [-0.05, 0) is 71.7 Å². The van der Waals surface area contributed by atoms with Crippen molar-refractivity contribution in [2.45, 2.75) is 39.0 Å². The van der Waals surface area contributed by atoms with Crippen LogP contribution in [-0.4, -0.2) is 0 Å². The Balaban J connectivity index is 1.61. The van der Waals surface area contributed by atoms with E-state index in [0.29, 0.717) is 35.1 Å². The second-order valence-electron chi connectivity index (χ2n) is 7.60. The van der Waals surface area contributed by atoms with Gasteiger partial charge in [-0.1, -0.05) is 55.8 Å². The summed E-state index contributed by atoms with van der Waals surface area (Å²) >= 11 is 0. The van der Waals surface area contributed by atoms with Gasteiger partial charge < -0.3 is 0 Å². The normalized spacial score (nSPS) is 13.2. The van der Waals surface area contributed by atoms with Gasteiger partial charge in [0.2, 0.25) is 0 Å². The van der Waals surface area contributed by atoms with Crippen molar-refractivity contribution in [3.05, 3.63) is 100 Å². The van der Waals surface area contributed by atoms with Crippen LogP contribution in [0, 0.1) is 17.5 Å². The lowest BCUT2D eigenvalue weighted by Crippen LogP contribution is -2.07. The average molecular weight is 392 g/mol. The summed E-state index contributed by atoms with van der Waals surface area (Å²) in [7, 11) is 0. The maximum Gasteiger partial charge on any atom is 0.134 e. The fourth-order valence-corrected chi connectivity index (χ4v) is 3.96. The molecule has 4 rings (SSSR count). The van der Waals surface area contributed by atoms with Gasteiger partial charge in [-0.2, -0.15) is 0 Å². The fraction of sp³-hybridized carbons (Fsp3) is 0.231. The largest absolute Gasteiger partial charge is 0.207 e. The summed E-state index contributed by atoms with van der Waals surface area (Å²) in [6, 6.07) is 14.9. The van der Waals surface area contributed by atoms with Crippen LogP contribution in [0.25, 0.3) is 16.7 Å². The van der Waals surface area contributed by atoms with E-state index in [1.807, 2.05) is 24.3 Å². The molecule has 29 heavy (non-hydrogen) atoms. The van der Waals surface area contributed by atoms with Crippen molar-refractivity contribution in [1.29, 1.82) is 0 Å². The second kappa shape index (κ2) is 8.28.